The largest absolute Gasteiger partial charge is 0.774 e. The molecule has 0 aliphatic carbocycles. The number of rotatable bonds is 19. The summed E-state index contributed by atoms with van der Waals surface area (Å²) in [5, 5.41) is 9.25. The lowest BCUT2D eigenvalue weighted by molar-refractivity contribution is -0.438. The number of hydrogen-bond acceptors (Lipinski definition) is 13. The fraction of sp³-hybridized carbons (Fsp3) is 0.372. The number of carbonyl (C=O) groups is 1. The topological polar surface area (TPSA) is 255 Å². The van der Waals surface area contributed by atoms with Crippen molar-refractivity contribution in [1.29, 1.82) is 0 Å². The Morgan fingerprint density at radius 3 is 1.95 bits per heavy atom. The smallest absolute Gasteiger partial charge is 0.303 e. The third-order valence-corrected chi connectivity index (χ3v) is 14.6. The second-order valence-corrected chi connectivity index (χ2v) is 22.5. The summed E-state index contributed by atoms with van der Waals surface area (Å²) >= 11 is 0. The van der Waals surface area contributed by atoms with Crippen molar-refractivity contribution in [2.24, 2.45) is 0 Å². The highest BCUT2D eigenvalue weighted by atomic mass is 32.2. The van der Waals surface area contributed by atoms with Crippen LogP contribution in [0.25, 0.3) is 5.57 Å². The van der Waals surface area contributed by atoms with Crippen LogP contribution in [-0.4, -0.2) is 99.5 Å². The molecule has 3 aromatic rings. The van der Waals surface area contributed by atoms with E-state index in [0.29, 0.717) is 40.2 Å². The van der Waals surface area contributed by atoms with Crippen LogP contribution in [0.15, 0.2) is 100 Å². The Kier molecular flexibility index (Phi) is 14.4. The summed E-state index contributed by atoms with van der Waals surface area (Å²) in [5.74, 6) is 1.20. The minimum Gasteiger partial charge on any atom is -0.774 e. The molecule has 0 amide bonds. The van der Waals surface area contributed by atoms with Crippen LogP contribution in [-0.2, 0) is 62.2 Å². The van der Waals surface area contributed by atoms with Gasteiger partial charge in [-0.1, -0.05) is 72.0 Å². The van der Waals surface area contributed by atoms with Crippen molar-refractivity contribution in [1.82, 2.24) is 0 Å². The van der Waals surface area contributed by atoms with Gasteiger partial charge in [0.25, 0.3) is 0 Å². The van der Waals surface area contributed by atoms with Crippen LogP contribution >= 0.6 is 0 Å². The highest BCUT2D eigenvalue weighted by Gasteiger charge is 2.44. The summed E-state index contributed by atoms with van der Waals surface area (Å²) in [4.78, 5) is 12.6. The Morgan fingerprint density at radius 1 is 0.774 bits per heavy atom. The van der Waals surface area contributed by atoms with Crippen molar-refractivity contribution >= 4 is 74.7 Å². The summed E-state index contributed by atoms with van der Waals surface area (Å²) < 4.78 is 132. The monoisotopic (exact) mass is 929 g/mol. The molecule has 2 heterocycles. The molecule has 0 aromatic heterocycles. The molecule has 0 radical (unpaired) electrons. The van der Waals surface area contributed by atoms with Crippen LogP contribution in [0.1, 0.15) is 82.1 Å². The van der Waals surface area contributed by atoms with E-state index in [1.807, 2.05) is 80.8 Å². The quantitative estimate of drug-likeness (QED) is 0.0536. The van der Waals surface area contributed by atoms with Crippen LogP contribution < -0.4 is 4.90 Å². The molecule has 2 aliphatic heterocycles. The minimum atomic E-state index is -4.85. The summed E-state index contributed by atoms with van der Waals surface area (Å²) in [6, 6.07) is 16.1. The van der Waals surface area contributed by atoms with Crippen LogP contribution in [0, 0.1) is 0 Å². The molecular weight excluding hydrogens is 881 g/mol. The van der Waals surface area contributed by atoms with Crippen molar-refractivity contribution in [3.8, 4) is 0 Å². The zero-order valence-corrected chi connectivity index (χ0v) is 38.0. The van der Waals surface area contributed by atoms with Crippen LogP contribution in [0.2, 0.25) is 0 Å². The van der Waals surface area contributed by atoms with E-state index in [1.54, 1.807) is 17.0 Å². The molecule has 3 aromatic carbocycles. The van der Waals surface area contributed by atoms with E-state index in [4.69, 9.17) is 0 Å². The fourth-order valence-corrected chi connectivity index (χ4v) is 10.1. The highest BCUT2D eigenvalue weighted by Crippen LogP contribution is 2.49. The Hall–Kier alpha value is -4.47. The first kappa shape index (κ1) is 48.6. The molecule has 1 atom stereocenters. The lowest BCUT2D eigenvalue weighted by Crippen LogP contribution is -2.28. The van der Waals surface area contributed by atoms with Gasteiger partial charge in [-0.2, -0.15) is 4.58 Å². The number of anilines is 1. The van der Waals surface area contributed by atoms with Gasteiger partial charge in [-0.15, -0.1) is 0 Å². The van der Waals surface area contributed by atoms with E-state index >= 15 is 0 Å². The first-order chi connectivity index (χ1) is 28.6. The van der Waals surface area contributed by atoms with E-state index < -0.39 is 73.4 Å². The maximum Gasteiger partial charge on any atom is 0.303 e. The number of allylic oxidation sites excluding steroid dienone is 6. The normalized spacial score (nSPS) is 18.0. The van der Waals surface area contributed by atoms with Gasteiger partial charge in [0.15, 0.2) is 5.71 Å². The number of hydrogen-bond donors (Lipinski definition) is 1. The van der Waals surface area contributed by atoms with E-state index in [-0.39, 0.29) is 50.1 Å². The Morgan fingerprint density at radius 2 is 1.37 bits per heavy atom. The molecule has 1 unspecified atom stereocenters. The number of carboxylic acids is 1. The predicted molar refractivity (Wildman–Crippen MR) is 234 cm³/mol. The molecule has 0 fully saturated rings. The lowest BCUT2D eigenvalue weighted by Gasteiger charge is -2.27. The van der Waals surface area contributed by atoms with E-state index in [1.165, 1.54) is 24.3 Å². The van der Waals surface area contributed by atoms with Crippen LogP contribution in [0.3, 0.4) is 0 Å². The predicted octanol–water partition coefficient (Wildman–Crippen LogP) is 5.16. The average Bonchev–Trinajstić information content (AvgIpc) is 3.50. The van der Waals surface area contributed by atoms with E-state index in [9.17, 15) is 57.6 Å². The summed E-state index contributed by atoms with van der Waals surface area (Å²) in [5.41, 5.74) is 4.54. The van der Waals surface area contributed by atoms with Crippen molar-refractivity contribution in [2.45, 2.75) is 86.8 Å². The lowest BCUT2D eigenvalue weighted by atomic mass is 9.81. The number of carboxylic acid groups (broad SMARTS) is 1. The summed E-state index contributed by atoms with van der Waals surface area (Å²) in [7, 11) is -17.7. The number of aryl methyl sites for hydroxylation is 1. The third-order valence-electron chi connectivity index (χ3n) is 11.2. The molecule has 0 saturated heterocycles. The van der Waals surface area contributed by atoms with Crippen molar-refractivity contribution in [2.75, 3.05) is 29.5 Å². The van der Waals surface area contributed by atoms with Gasteiger partial charge in [0, 0.05) is 70.3 Å². The van der Waals surface area contributed by atoms with Crippen molar-refractivity contribution in [3.05, 3.63) is 113 Å². The standard InChI is InChI=1S/C43H52N2O13S4/c1-42(2)35-19-17-33(59(5,48)49)28-37(35)44(24-6-8-26-60(50,51)52)39(42)21-15-32(31-13-10-30(11-14-31)12-23-41(46)47)16-22-40-43(3,4)36-20-18-34(62(56,57)58)29-38(36)45(40)25-7-9-27-61(53,54)55/h10-11,13-22,28-29H,5-9,12,23-27H2,1-4H3,(H4-,46,47,48,49,50,51,52,53,54,55,56,57,58)/p-3. The number of nitrogens with zero attached hydrogens (tertiary/aromatic N) is 2. The molecule has 0 bridgehead atoms. The van der Waals surface area contributed by atoms with Gasteiger partial charge >= 0.3 is 5.97 Å². The van der Waals surface area contributed by atoms with E-state index in [0.717, 1.165) is 16.8 Å². The van der Waals surface area contributed by atoms with Gasteiger partial charge in [-0.3, -0.25) is 9.00 Å². The number of unbranched alkanes of at least 4 members (excludes halogenated alkanes) is 2. The average molecular weight is 930 g/mol. The van der Waals surface area contributed by atoms with Crippen LogP contribution in [0.4, 0.5) is 11.4 Å². The van der Waals surface area contributed by atoms with Gasteiger partial charge in [-0.05, 0) is 92.1 Å². The molecule has 62 heavy (non-hydrogen) atoms. The fourth-order valence-electron chi connectivity index (χ4n) is 7.96. The SMILES string of the molecule is C=S(=O)([O-])c1ccc2c(c1)[N+](CCCCS(=O)(=O)[O-])=C(/C=C/C(=C/C=C1\N(CCCCS(=O)(=O)[O-])c3cc(S(=O)(=O)[O-])ccc3C1(C)C)c1ccc(CCC(=O)O)cc1)C2(C)C. The zero-order chi connectivity index (χ0) is 46.1. The molecule has 19 heteroatoms. The van der Waals surface area contributed by atoms with Gasteiger partial charge in [-0.25, -0.2) is 25.3 Å². The van der Waals surface area contributed by atoms with Gasteiger partial charge in [0.05, 0.1) is 30.5 Å². The van der Waals surface area contributed by atoms with Gasteiger partial charge < -0.3 is 28.2 Å². The zero-order valence-electron chi connectivity index (χ0n) is 34.7. The highest BCUT2D eigenvalue weighted by molar-refractivity contribution is 7.95. The van der Waals surface area contributed by atoms with Crippen LogP contribution in [0.5, 0.6) is 0 Å². The second-order valence-electron chi connectivity index (χ2n) is 16.4. The molecule has 5 rings (SSSR count). The molecule has 1 N–H and O–H groups in total. The summed E-state index contributed by atoms with van der Waals surface area (Å²) in [6.45, 7) is 8.16. The maximum absolute atomic E-state index is 12.5. The maximum atomic E-state index is 12.5. The Bertz CT molecular complexity index is 2820. The van der Waals surface area contributed by atoms with Gasteiger partial charge in [0.1, 0.15) is 16.7 Å². The Balaban J connectivity index is 1.68. The Labute approximate surface area is 364 Å². The molecule has 15 nitrogen and oxygen atoms in total. The first-order valence-electron chi connectivity index (χ1n) is 19.6. The number of benzene rings is 3. The van der Waals surface area contributed by atoms with Crippen molar-refractivity contribution < 1.29 is 62.1 Å². The van der Waals surface area contributed by atoms with Crippen molar-refractivity contribution in [3.63, 3.8) is 0 Å². The summed E-state index contributed by atoms with van der Waals surface area (Å²) in [6.07, 6.45) is 8.22. The molecule has 2 aliphatic rings. The van der Waals surface area contributed by atoms with Gasteiger partial charge in [0.2, 0.25) is 5.69 Å². The minimum absolute atomic E-state index is 0.0148. The molecule has 0 spiro atoms. The third kappa shape index (κ3) is 11.8. The first-order valence-corrected chi connectivity index (χ1v) is 25.9. The molecule has 336 valence electrons. The van der Waals surface area contributed by atoms with E-state index in [2.05, 4.69) is 5.87 Å². The number of aliphatic carboxylic acids is 1. The molecular formula is C43H49N2O13S4-3. The second kappa shape index (κ2) is 18.3. The number of fused-ring (bicyclic) bond motifs is 2. The molecule has 0 saturated carbocycles.